The summed E-state index contributed by atoms with van der Waals surface area (Å²) in [5.74, 6) is -2.75. The van der Waals surface area contributed by atoms with Gasteiger partial charge in [0.15, 0.2) is 0 Å². The zero-order valence-corrected chi connectivity index (χ0v) is 13.9. The lowest BCUT2D eigenvalue weighted by Crippen LogP contribution is -2.39. The lowest BCUT2D eigenvalue weighted by molar-refractivity contribution is -0.197. The summed E-state index contributed by atoms with van der Waals surface area (Å²) in [5.41, 5.74) is -0.723. The minimum absolute atomic E-state index is 0.221. The lowest BCUT2D eigenvalue weighted by atomic mass is 10.1. The number of ether oxygens (including phenoxy) is 2. The Morgan fingerprint density at radius 2 is 1.67 bits per heavy atom. The zero-order valence-electron chi connectivity index (χ0n) is 13.1. The molecule has 0 aliphatic rings. The molecule has 1 aromatic carbocycles. The highest BCUT2D eigenvalue weighted by Crippen LogP contribution is 2.25. The van der Waals surface area contributed by atoms with E-state index < -0.39 is 39.7 Å². The highest BCUT2D eigenvalue weighted by molar-refractivity contribution is 7.85. The predicted octanol–water partition coefficient (Wildman–Crippen LogP) is 2.84. The topological polar surface area (TPSA) is 89.9 Å². The number of hydrogen-bond acceptors (Lipinski definition) is 5. The molecule has 0 radical (unpaired) electrons. The van der Waals surface area contributed by atoms with Crippen molar-refractivity contribution in [2.24, 2.45) is 0 Å². The maximum absolute atomic E-state index is 12.7. The minimum atomic E-state index is -5.14. The van der Waals surface area contributed by atoms with Crippen LogP contribution in [0.3, 0.4) is 0 Å². The van der Waals surface area contributed by atoms with Crippen molar-refractivity contribution in [2.75, 3.05) is 5.75 Å². The Labute approximate surface area is 137 Å². The fraction of sp³-hybridized carbons (Fsp3) is 0.500. The second kappa shape index (κ2) is 6.98. The predicted molar refractivity (Wildman–Crippen MR) is 78.5 cm³/mol. The molecule has 1 aromatic rings. The number of rotatable bonds is 5. The van der Waals surface area contributed by atoms with Gasteiger partial charge in [0.05, 0.1) is 5.56 Å². The molecular formula is C14H17F3O6S. The SMILES string of the molecule is CC(C)(C)Oc1ccc(C(=O)OC(CS(=O)(=O)O)C(F)(F)F)cc1. The van der Waals surface area contributed by atoms with Gasteiger partial charge in [0.2, 0.25) is 6.10 Å². The molecule has 1 atom stereocenters. The molecule has 0 fully saturated rings. The van der Waals surface area contributed by atoms with Crippen molar-refractivity contribution in [3.8, 4) is 5.75 Å². The van der Waals surface area contributed by atoms with Gasteiger partial charge in [-0.15, -0.1) is 0 Å². The maximum Gasteiger partial charge on any atom is 0.426 e. The van der Waals surface area contributed by atoms with Gasteiger partial charge in [-0.05, 0) is 45.0 Å². The molecule has 0 saturated heterocycles. The molecule has 0 saturated carbocycles. The Balaban J connectivity index is 2.88. The molecule has 1 rings (SSSR count). The van der Waals surface area contributed by atoms with Crippen LogP contribution in [0, 0.1) is 0 Å². The molecule has 0 spiro atoms. The molecule has 24 heavy (non-hydrogen) atoms. The van der Waals surface area contributed by atoms with E-state index >= 15 is 0 Å². The molecule has 0 heterocycles. The van der Waals surface area contributed by atoms with E-state index in [4.69, 9.17) is 9.29 Å². The fourth-order valence-electron chi connectivity index (χ4n) is 1.60. The number of carbonyl (C=O) groups is 1. The van der Waals surface area contributed by atoms with Crippen LogP contribution in [0.25, 0.3) is 0 Å². The molecule has 6 nitrogen and oxygen atoms in total. The van der Waals surface area contributed by atoms with Crippen LogP contribution in [0.1, 0.15) is 31.1 Å². The molecule has 0 aromatic heterocycles. The Morgan fingerprint density at radius 3 is 2.04 bits per heavy atom. The molecule has 1 unspecified atom stereocenters. The summed E-state index contributed by atoms with van der Waals surface area (Å²) in [6.07, 6.45) is -8.11. The van der Waals surface area contributed by atoms with Crippen LogP contribution < -0.4 is 4.74 Å². The number of hydrogen-bond donors (Lipinski definition) is 1. The Bertz CT molecular complexity index is 674. The van der Waals surface area contributed by atoms with E-state index in [0.717, 1.165) is 0 Å². The van der Waals surface area contributed by atoms with Crippen molar-refractivity contribution in [3.63, 3.8) is 0 Å². The molecular weight excluding hydrogens is 353 g/mol. The van der Waals surface area contributed by atoms with Crippen LogP contribution in [0.15, 0.2) is 24.3 Å². The summed E-state index contributed by atoms with van der Waals surface area (Å²) in [6, 6.07) is 5.11. The van der Waals surface area contributed by atoms with Crippen LogP contribution in [-0.4, -0.2) is 42.6 Å². The van der Waals surface area contributed by atoms with Crippen molar-refractivity contribution < 1.29 is 40.4 Å². The average Bonchev–Trinajstić information content (AvgIpc) is 2.34. The number of esters is 1. The third-order valence-electron chi connectivity index (χ3n) is 2.49. The first-order chi connectivity index (χ1) is 10.7. The van der Waals surface area contributed by atoms with Crippen LogP contribution in [-0.2, 0) is 14.9 Å². The summed E-state index contributed by atoms with van der Waals surface area (Å²) in [6.45, 7) is 5.37. The van der Waals surface area contributed by atoms with Gasteiger partial charge in [-0.25, -0.2) is 4.79 Å². The maximum atomic E-state index is 12.7. The van der Waals surface area contributed by atoms with Crippen LogP contribution in [0.2, 0.25) is 0 Å². The van der Waals surface area contributed by atoms with E-state index in [0.29, 0.717) is 5.75 Å². The average molecular weight is 370 g/mol. The second-order valence-electron chi connectivity index (χ2n) is 5.92. The summed E-state index contributed by atoms with van der Waals surface area (Å²) in [7, 11) is -4.98. The van der Waals surface area contributed by atoms with Gasteiger partial charge in [-0.2, -0.15) is 21.6 Å². The largest absolute Gasteiger partial charge is 0.488 e. The summed E-state index contributed by atoms with van der Waals surface area (Å²) < 4.78 is 77.6. The first-order valence-corrected chi connectivity index (χ1v) is 8.30. The summed E-state index contributed by atoms with van der Waals surface area (Å²) >= 11 is 0. The Morgan fingerprint density at radius 1 is 1.17 bits per heavy atom. The fourth-order valence-corrected chi connectivity index (χ4v) is 2.24. The van der Waals surface area contributed by atoms with Crippen molar-refractivity contribution in [1.82, 2.24) is 0 Å². The van der Waals surface area contributed by atoms with Gasteiger partial charge in [0.25, 0.3) is 10.1 Å². The monoisotopic (exact) mass is 370 g/mol. The normalized spacial score (nSPS) is 14.1. The van der Waals surface area contributed by atoms with E-state index in [1.165, 1.54) is 24.3 Å². The third kappa shape index (κ3) is 7.18. The molecule has 0 aliphatic heterocycles. The van der Waals surface area contributed by atoms with Gasteiger partial charge in [0, 0.05) is 0 Å². The molecule has 0 bridgehead atoms. The van der Waals surface area contributed by atoms with E-state index in [1.807, 2.05) is 0 Å². The molecule has 1 N–H and O–H groups in total. The number of carbonyl (C=O) groups excluding carboxylic acids is 1. The molecule has 0 aliphatic carbocycles. The van der Waals surface area contributed by atoms with Crippen molar-refractivity contribution in [3.05, 3.63) is 29.8 Å². The van der Waals surface area contributed by atoms with Gasteiger partial charge in [-0.3, -0.25) is 4.55 Å². The Hall–Kier alpha value is -1.81. The smallest absolute Gasteiger partial charge is 0.426 e. The quantitative estimate of drug-likeness (QED) is 0.633. The highest BCUT2D eigenvalue weighted by atomic mass is 32.2. The van der Waals surface area contributed by atoms with Gasteiger partial charge in [-0.1, -0.05) is 0 Å². The number of alkyl halides is 3. The van der Waals surface area contributed by atoms with Gasteiger partial charge >= 0.3 is 12.1 Å². The minimum Gasteiger partial charge on any atom is -0.488 e. The molecule has 0 amide bonds. The first kappa shape index (κ1) is 20.2. The third-order valence-corrected chi connectivity index (χ3v) is 3.21. The van der Waals surface area contributed by atoms with Crippen molar-refractivity contribution in [1.29, 1.82) is 0 Å². The van der Waals surface area contributed by atoms with Crippen LogP contribution in [0.4, 0.5) is 13.2 Å². The molecule has 10 heteroatoms. The summed E-state index contributed by atoms with van der Waals surface area (Å²) in [5, 5.41) is 0. The summed E-state index contributed by atoms with van der Waals surface area (Å²) in [4.78, 5) is 11.7. The van der Waals surface area contributed by atoms with E-state index in [9.17, 15) is 26.4 Å². The van der Waals surface area contributed by atoms with Gasteiger partial charge in [0.1, 0.15) is 17.1 Å². The zero-order chi connectivity index (χ0) is 18.8. The van der Waals surface area contributed by atoms with Gasteiger partial charge < -0.3 is 9.47 Å². The number of benzene rings is 1. The van der Waals surface area contributed by atoms with Crippen molar-refractivity contribution >= 4 is 16.1 Å². The number of halogens is 3. The molecule has 136 valence electrons. The Kier molecular flexibility index (Phi) is 5.88. The highest BCUT2D eigenvalue weighted by Gasteiger charge is 2.45. The van der Waals surface area contributed by atoms with Crippen LogP contribution >= 0.6 is 0 Å². The van der Waals surface area contributed by atoms with E-state index in [-0.39, 0.29) is 5.56 Å². The van der Waals surface area contributed by atoms with Crippen LogP contribution in [0.5, 0.6) is 5.75 Å². The standard InChI is InChI=1S/C14H17F3O6S/c1-13(2,3)23-10-6-4-9(5-7-10)12(18)22-11(14(15,16)17)8-24(19,20)21/h4-7,11H,8H2,1-3H3,(H,19,20,21). The second-order valence-corrected chi connectivity index (χ2v) is 7.42. The first-order valence-electron chi connectivity index (χ1n) is 6.69. The lowest BCUT2D eigenvalue weighted by Gasteiger charge is -2.21. The van der Waals surface area contributed by atoms with E-state index in [2.05, 4.69) is 4.74 Å². The van der Waals surface area contributed by atoms with Crippen molar-refractivity contribution in [2.45, 2.75) is 38.7 Å². The van der Waals surface area contributed by atoms with E-state index in [1.54, 1.807) is 20.8 Å².